The smallest absolute Gasteiger partial charge is 0.404 e. The third-order valence-corrected chi connectivity index (χ3v) is 2.59. The van der Waals surface area contributed by atoms with Crippen LogP contribution in [0, 0.1) is 0 Å². The molecule has 1 amide bonds. The fourth-order valence-electron chi connectivity index (χ4n) is 1.18. The molecule has 3 N–H and O–H groups in total. The fourth-order valence-corrected chi connectivity index (χ4v) is 1.62. The molecule has 0 bridgehead atoms. The van der Waals surface area contributed by atoms with Crippen molar-refractivity contribution in [3.8, 4) is 0 Å². The molecule has 102 valence electrons. The SMILES string of the molecule is NC(=O)OCCNCc1ccc(CSC(F)F)o1. The number of hydrogen-bond donors (Lipinski definition) is 2. The van der Waals surface area contributed by atoms with Crippen LogP contribution in [0.25, 0.3) is 0 Å². The van der Waals surface area contributed by atoms with Crippen LogP contribution < -0.4 is 11.1 Å². The second-order valence-corrected chi connectivity index (χ2v) is 4.26. The summed E-state index contributed by atoms with van der Waals surface area (Å²) in [5, 5.41) is 2.95. The highest BCUT2D eigenvalue weighted by Gasteiger charge is 2.07. The molecule has 0 radical (unpaired) electrons. The van der Waals surface area contributed by atoms with Gasteiger partial charge < -0.3 is 20.2 Å². The lowest BCUT2D eigenvalue weighted by Crippen LogP contribution is -2.23. The molecule has 0 aromatic carbocycles. The van der Waals surface area contributed by atoms with Crippen molar-refractivity contribution in [3.05, 3.63) is 23.7 Å². The molecule has 1 aromatic heterocycles. The van der Waals surface area contributed by atoms with E-state index < -0.39 is 11.9 Å². The Morgan fingerprint density at radius 2 is 2.22 bits per heavy atom. The van der Waals surface area contributed by atoms with Gasteiger partial charge >= 0.3 is 6.09 Å². The predicted octanol–water partition coefficient (Wildman–Crippen LogP) is 1.92. The monoisotopic (exact) mass is 280 g/mol. The number of nitrogens with one attached hydrogen (secondary N) is 1. The maximum Gasteiger partial charge on any atom is 0.404 e. The summed E-state index contributed by atoms with van der Waals surface area (Å²) < 4.78 is 33.7. The van der Waals surface area contributed by atoms with Crippen molar-refractivity contribution in [1.29, 1.82) is 0 Å². The first kappa shape index (κ1) is 14.8. The van der Waals surface area contributed by atoms with Crippen LogP contribution in [-0.2, 0) is 17.0 Å². The number of carbonyl (C=O) groups excluding carboxylic acids is 1. The van der Waals surface area contributed by atoms with Crippen molar-refractivity contribution in [1.82, 2.24) is 5.32 Å². The van der Waals surface area contributed by atoms with Gasteiger partial charge in [-0.3, -0.25) is 0 Å². The molecule has 0 spiro atoms. The number of halogens is 2. The molecule has 0 saturated carbocycles. The highest BCUT2D eigenvalue weighted by atomic mass is 32.2. The van der Waals surface area contributed by atoms with Gasteiger partial charge in [-0.1, -0.05) is 11.8 Å². The Morgan fingerprint density at radius 3 is 2.89 bits per heavy atom. The van der Waals surface area contributed by atoms with E-state index >= 15 is 0 Å². The number of ether oxygens (including phenoxy) is 1. The number of hydrogen-bond acceptors (Lipinski definition) is 5. The lowest BCUT2D eigenvalue weighted by molar-refractivity contribution is 0.157. The minimum Gasteiger partial charge on any atom is -0.464 e. The largest absolute Gasteiger partial charge is 0.464 e. The second-order valence-electron chi connectivity index (χ2n) is 3.28. The lowest BCUT2D eigenvalue weighted by atomic mass is 10.4. The molecule has 0 aliphatic carbocycles. The van der Waals surface area contributed by atoms with E-state index in [1.165, 1.54) is 0 Å². The number of alkyl halides is 2. The minimum atomic E-state index is -2.40. The zero-order chi connectivity index (χ0) is 13.4. The van der Waals surface area contributed by atoms with Crippen molar-refractivity contribution in [2.45, 2.75) is 18.1 Å². The van der Waals surface area contributed by atoms with Crippen molar-refractivity contribution >= 4 is 17.9 Å². The van der Waals surface area contributed by atoms with E-state index in [1.807, 2.05) is 0 Å². The molecule has 0 aliphatic rings. The van der Waals surface area contributed by atoms with Crippen LogP contribution in [0.3, 0.4) is 0 Å². The number of thioether (sulfide) groups is 1. The summed E-state index contributed by atoms with van der Waals surface area (Å²) in [6, 6.07) is 3.37. The molecule has 0 aliphatic heterocycles. The molecule has 0 saturated heterocycles. The van der Waals surface area contributed by atoms with Crippen LogP contribution in [0.15, 0.2) is 16.5 Å². The molecule has 0 fully saturated rings. The van der Waals surface area contributed by atoms with Crippen LogP contribution >= 0.6 is 11.8 Å². The molecule has 1 heterocycles. The van der Waals surface area contributed by atoms with Crippen molar-refractivity contribution < 1.29 is 22.7 Å². The van der Waals surface area contributed by atoms with Crippen LogP contribution in [0.1, 0.15) is 11.5 Å². The van der Waals surface area contributed by atoms with Gasteiger partial charge in [0.2, 0.25) is 0 Å². The fraction of sp³-hybridized carbons (Fsp3) is 0.500. The van der Waals surface area contributed by atoms with Gasteiger partial charge in [0.1, 0.15) is 18.1 Å². The molecule has 1 rings (SSSR count). The zero-order valence-corrected chi connectivity index (χ0v) is 10.3. The van der Waals surface area contributed by atoms with Crippen LogP contribution in [-0.4, -0.2) is 25.0 Å². The Hall–Kier alpha value is -1.28. The average molecular weight is 280 g/mol. The molecule has 18 heavy (non-hydrogen) atoms. The number of amides is 1. The summed E-state index contributed by atoms with van der Waals surface area (Å²) in [6.45, 7) is 1.04. The van der Waals surface area contributed by atoms with Gasteiger partial charge in [-0.2, -0.15) is 8.78 Å². The predicted molar refractivity (Wildman–Crippen MR) is 63.2 cm³/mol. The summed E-state index contributed by atoms with van der Waals surface area (Å²) >= 11 is 0.514. The second kappa shape index (κ2) is 7.93. The highest BCUT2D eigenvalue weighted by Crippen LogP contribution is 2.21. The molecular weight excluding hydrogens is 266 g/mol. The topological polar surface area (TPSA) is 77.5 Å². The van der Waals surface area contributed by atoms with Gasteiger partial charge in [-0.25, -0.2) is 4.79 Å². The van der Waals surface area contributed by atoms with Gasteiger partial charge in [-0.05, 0) is 12.1 Å². The molecule has 0 atom stereocenters. The summed E-state index contributed by atoms with van der Waals surface area (Å²) in [5.74, 6) is -1.12. The number of nitrogens with two attached hydrogens (primary N) is 1. The maximum absolute atomic E-state index is 11.9. The van der Waals surface area contributed by atoms with Crippen LogP contribution in [0.5, 0.6) is 0 Å². The van der Waals surface area contributed by atoms with Crippen molar-refractivity contribution in [2.75, 3.05) is 13.2 Å². The van der Waals surface area contributed by atoms with E-state index in [0.717, 1.165) is 0 Å². The van der Waals surface area contributed by atoms with E-state index in [0.29, 0.717) is 36.4 Å². The standard InChI is InChI=1S/C10H14F2N2O3S/c11-9(12)18-6-8-2-1-7(17-8)5-14-3-4-16-10(13)15/h1-2,9,14H,3-6H2,(H2,13,15). The highest BCUT2D eigenvalue weighted by molar-refractivity contribution is 7.98. The summed E-state index contributed by atoms with van der Waals surface area (Å²) in [5.41, 5.74) is 4.78. The molecule has 0 unspecified atom stereocenters. The number of primary amides is 1. The first-order valence-corrected chi connectivity index (χ1v) is 6.23. The molecule has 5 nitrogen and oxygen atoms in total. The van der Waals surface area contributed by atoms with Gasteiger partial charge in [0.15, 0.2) is 0 Å². The van der Waals surface area contributed by atoms with Crippen LogP contribution in [0.4, 0.5) is 13.6 Å². The number of furan rings is 1. The van der Waals surface area contributed by atoms with Gasteiger partial charge in [-0.15, -0.1) is 0 Å². The minimum absolute atomic E-state index is 0.141. The van der Waals surface area contributed by atoms with Crippen molar-refractivity contribution in [3.63, 3.8) is 0 Å². The summed E-state index contributed by atoms with van der Waals surface area (Å²) in [4.78, 5) is 10.3. The lowest BCUT2D eigenvalue weighted by Gasteiger charge is -2.02. The average Bonchev–Trinajstić information content (AvgIpc) is 2.73. The van der Waals surface area contributed by atoms with E-state index in [1.54, 1.807) is 12.1 Å². The summed E-state index contributed by atoms with van der Waals surface area (Å²) in [7, 11) is 0. The zero-order valence-electron chi connectivity index (χ0n) is 9.53. The van der Waals surface area contributed by atoms with E-state index in [9.17, 15) is 13.6 Å². The van der Waals surface area contributed by atoms with E-state index in [-0.39, 0.29) is 12.4 Å². The summed E-state index contributed by atoms with van der Waals surface area (Å²) in [6.07, 6.45) is -0.818. The Balaban J connectivity index is 2.17. The maximum atomic E-state index is 11.9. The van der Waals surface area contributed by atoms with E-state index in [4.69, 9.17) is 10.2 Å². The Labute approximate surface area is 107 Å². The van der Waals surface area contributed by atoms with E-state index in [2.05, 4.69) is 10.1 Å². The number of carbonyl (C=O) groups is 1. The molecule has 1 aromatic rings. The Kier molecular flexibility index (Phi) is 6.51. The van der Waals surface area contributed by atoms with Gasteiger partial charge in [0, 0.05) is 6.54 Å². The third-order valence-electron chi connectivity index (χ3n) is 1.89. The first-order chi connectivity index (χ1) is 8.58. The Morgan fingerprint density at radius 1 is 1.50 bits per heavy atom. The van der Waals surface area contributed by atoms with Crippen LogP contribution in [0.2, 0.25) is 0 Å². The first-order valence-electron chi connectivity index (χ1n) is 5.18. The van der Waals surface area contributed by atoms with Crippen molar-refractivity contribution in [2.24, 2.45) is 5.73 Å². The van der Waals surface area contributed by atoms with Gasteiger partial charge in [0.05, 0.1) is 12.3 Å². The Bertz CT molecular complexity index is 374. The number of rotatable bonds is 8. The molecular formula is C10H14F2N2O3S. The molecule has 8 heteroatoms. The third kappa shape index (κ3) is 6.45. The normalized spacial score (nSPS) is 10.8. The van der Waals surface area contributed by atoms with Gasteiger partial charge in [0.25, 0.3) is 5.76 Å². The quantitative estimate of drug-likeness (QED) is 0.711.